The first-order chi connectivity index (χ1) is 5.95. The molecule has 14 heavy (non-hydrogen) atoms. The summed E-state index contributed by atoms with van der Waals surface area (Å²) in [5.41, 5.74) is 4.45. The van der Waals surface area contributed by atoms with Gasteiger partial charge in [0, 0.05) is 11.6 Å². The minimum Gasteiger partial charge on any atom is -0.326 e. The summed E-state index contributed by atoms with van der Waals surface area (Å²) in [6.45, 7) is -0.171. The van der Waals surface area contributed by atoms with E-state index in [1.165, 1.54) is 12.1 Å². The van der Waals surface area contributed by atoms with Gasteiger partial charge in [-0.3, -0.25) is 0 Å². The quantitative estimate of drug-likeness (QED) is 0.808. The Balaban J connectivity index is 0.00000169. The van der Waals surface area contributed by atoms with Gasteiger partial charge in [-0.25, -0.2) is 0 Å². The van der Waals surface area contributed by atoms with Crippen molar-refractivity contribution in [3.8, 4) is 0 Å². The highest BCUT2D eigenvalue weighted by atomic mass is 35.5. The lowest BCUT2D eigenvalue weighted by molar-refractivity contribution is -0.138. The number of halogens is 5. The van der Waals surface area contributed by atoms with E-state index in [0.29, 0.717) is 0 Å². The van der Waals surface area contributed by atoms with Gasteiger partial charge in [-0.2, -0.15) is 13.2 Å². The Kier molecular flexibility index (Phi) is 4.71. The third kappa shape index (κ3) is 3.04. The predicted octanol–water partition coefficient (Wildman–Crippen LogP) is 3.24. The fourth-order valence-corrected chi connectivity index (χ4v) is 1.20. The molecule has 0 aliphatic carbocycles. The van der Waals surface area contributed by atoms with Gasteiger partial charge in [-0.15, -0.1) is 12.4 Å². The number of alkyl halides is 3. The Morgan fingerprint density at radius 2 is 1.86 bits per heavy atom. The molecule has 80 valence electrons. The van der Waals surface area contributed by atoms with Crippen molar-refractivity contribution < 1.29 is 13.2 Å². The molecular formula is C8H8Cl2F3N. The van der Waals surface area contributed by atoms with Crippen molar-refractivity contribution in [2.45, 2.75) is 12.7 Å². The van der Waals surface area contributed by atoms with E-state index < -0.39 is 11.7 Å². The standard InChI is InChI=1S/C8H7ClF3N.ClH/c9-6-1-2-7(8(10,11)12)5(3-6)4-13;/h1-3H,4,13H2;1H. The predicted molar refractivity (Wildman–Crippen MR) is 51.6 cm³/mol. The first-order valence-electron chi connectivity index (χ1n) is 3.51. The van der Waals surface area contributed by atoms with E-state index in [4.69, 9.17) is 17.3 Å². The van der Waals surface area contributed by atoms with Crippen molar-refractivity contribution >= 4 is 24.0 Å². The zero-order chi connectivity index (χ0) is 10.1. The molecule has 1 aromatic rings. The van der Waals surface area contributed by atoms with Crippen LogP contribution in [0.1, 0.15) is 11.1 Å². The monoisotopic (exact) mass is 245 g/mol. The molecule has 1 rings (SSSR count). The van der Waals surface area contributed by atoms with Crippen molar-refractivity contribution in [2.75, 3.05) is 0 Å². The fourth-order valence-electron chi connectivity index (χ4n) is 1.01. The van der Waals surface area contributed by atoms with E-state index >= 15 is 0 Å². The number of rotatable bonds is 1. The van der Waals surface area contributed by atoms with Crippen molar-refractivity contribution in [3.05, 3.63) is 34.3 Å². The zero-order valence-corrected chi connectivity index (χ0v) is 8.51. The highest BCUT2D eigenvalue weighted by Gasteiger charge is 2.32. The summed E-state index contributed by atoms with van der Waals surface area (Å²) >= 11 is 5.52. The Labute approximate surface area is 90.5 Å². The molecule has 0 aliphatic rings. The second-order valence-corrected chi connectivity index (χ2v) is 2.94. The highest BCUT2D eigenvalue weighted by Crippen LogP contribution is 2.32. The van der Waals surface area contributed by atoms with Gasteiger partial charge in [-0.05, 0) is 23.8 Å². The van der Waals surface area contributed by atoms with Crippen LogP contribution in [-0.2, 0) is 12.7 Å². The summed E-state index contributed by atoms with van der Waals surface area (Å²) in [5, 5.41) is 0.258. The first-order valence-corrected chi connectivity index (χ1v) is 3.88. The van der Waals surface area contributed by atoms with Crippen LogP contribution in [0.2, 0.25) is 5.02 Å². The SMILES string of the molecule is Cl.NCc1cc(Cl)ccc1C(F)(F)F. The molecule has 0 bridgehead atoms. The average molecular weight is 246 g/mol. The third-order valence-corrected chi connectivity index (χ3v) is 1.83. The van der Waals surface area contributed by atoms with Crippen LogP contribution in [0.5, 0.6) is 0 Å². The van der Waals surface area contributed by atoms with Crippen LogP contribution in [0.15, 0.2) is 18.2 Å². The Bertz CT molecular complexity index is 312. The van der Waals surface area contributed by atoms with Crippen LogP contribution in [0.25, 0.3) is 0 Å². The molecule has 0 saturated heterocycles. The summed E-state index contributed by atoms with van der Waals surface area (Å²) in [6.07, 6.45) is -4.36. The van der Waals surface area contributed by atoms with E-state index in [2.05, 4.69) is 0 Å². The Morgan fingerprint density at radius 3 is 2.29 bits per heavy atom. The van der Waals surface area contributed by atoms with Gasteiger partial charge in [-0.1, -0.05) is 11.6 Å². The summed E-state index contributed by atoms with van der Waals surface area (Å²) < 4.78 is 36.8. The second-order valence-electron chi connectivity index (χ2n) is 2.50. The van der Waals surface area contributed by atoms with E-state index in [9.17, 15) is 13.2 Å². The molecule has 1 nitrogen and oxygen atoms in total. The maximum absolute atomic E-state index is 12.3. The summed E-state index contributed by atoms with van der Waals surface area (Å²) in [5.74, 6) is 0. The molecule has 0 unspecified atom stereocenters. The first kappa shape index (κ1) is 13.5. The maximum Gasteiger partial charge on any atom is 0.416 e. The van der Waals surface area contributed by atoms with Gasteiger partial charge in [0.1, 0.15) is 0 Å². The number of nitrogens with two attached hydrogens (primary N) is 1. The van der Waals surface area contributed by atoms with Gasteiger partial charge in [0.15, 0.2) is 0 Å². The topological polar surface area (TPSA) is 26.0 Å². The van der Waals surface area contributed by atoms with Crippen LogP contribution < -0.4 is 5.73 Å². The van der Waals surface area contributed by atoms with Crippen LogP contribution in [0.4, 0.5) is 13.2 Å². The van der Waals surface area contributed by atoms with Crippen molar-refractivity contribution in [1.82, 2.24) is 0 Å². The van der Waals surface area contributed by atoms with E-state index in [0.717, 1.165) is 6.07 Å². The molecule has 6 heteroatoms. The van der Waals surface area contributed by atoms with Gasteiger partial charge in [0.25, 0.3) is 0 Å². The third-order valence-electron chi connectivity index (χ3n) is 1.59. The van der Waals surface area contributed by atoms with Gasteiger partial charge in [0.2, 0.25) is 0 Å². The molecule has 1 aromatic carbocycles. The molecule has 2 N–H and O–H groups in total. The molecule has 0 spiro atoms. The zero-order valence-electron chi connectivity index (χ0n) is 6.94. The molecule has 0 aliphatic heterocycles. The van der Waals surface area contributed by atoms with Gasteiger partial charge >= 0.3 is 6.18 Å². The minimum absolute atomic E-state index is 0. The van der Waals surface area contributed by atoms with Crippen LogP contribution >= 0.6 is 24.0 Å². The molecule has 0 fully saturated rings. The van der Waals surface area contributed by atoms with Crippen molar-refractivity contribution in [2.24, 2.45) is 5.73 Å². The lowest BCUT2D eigenvalue weighted by atomic mass is 10.1. The molecule has 0 aromatic heterocycles. The number of hydrogen-bond acceptors (Lipinski definition) is 1. The number of hydrogen-bond donors (Lipinski definition) is 1. The summed E-state index contributed by atoms with van der Waals surface area (Å²) in [6, 6.07) is 3.36. The molecular weight excluding hydrogens is 238 g/mol. The Hall–Kier alpha value is -0.450. The normalized spacial score (nSPS) is 10.9. The van der Waals surface area contributed by atoms with E-state index in [1.54, 1.807) is 0 Å². The molecule has 0 atom stereocenters. The highest BCUT2D eigenvalue weighted by molar-refractivity contribution is 6.30. The van der Waals surface area contributed by atoms with Crippen LogP contribution in [0.3, 0.4) is 0 Å². The van der Waals surface area contributed by atoms with Crippen molar-refractivity contribution in [1.29, 1.82) is 0 Å². The Morgan fingerprint density at radius 1 is 1.29 bits per heavy atom. The molecule has 0 heterocycles. The molecule has 0 amide bonds. The average Bonchev–Trinajstić information content (AvgIpc) is 2.01. The molecule has 0 saturated carbocycles. The van der Waals surface area contributed by atoms with Crippen LogP contribution in [-0.4, -0.2) is 0 Å². The van der Waals surface area contributed by atoms with Crippen molar-refractivity contribution in [3.63, 3.8) is 0 Å². The minimum atomic E-state index is -4.36. The molecule has 0 radical (unpaired) electrons. The largest absolute Gasteiger partial charge is 0.416 e. The fraction of sp³-hybridized carbons (Fsp3) is 0.250. The smallest absolute Gasteiger partial charge is 0.326 e. The van der Waals surface area contributed by atoms with Crippen LogP contribution in [0, 0.1) is 0 Å². The number of benzene rings is 1. The van der Waals surface area contributed by atoms with E-state index in [1.807, 2.05) is 0 Å². The van der Waals surface area contributed by atoms with Gasteiger partial charge in [0.05, 0.1) is 5.56 Å². The van der Waals surface area contributed by atoms with Gasteiger partial charge < -0.3 is 5.73 Å². The lowest BCUT2D eigenvalue weighted by Crippen LogP contribution is -2.11. The maximum atomic E-state index is 12.3. The van der Waals surface area contributed by atoms with E-state index in [-0.39, 0.29) is 29.5 Å². The second kappa shape index (κ2) is 4.87. The summed E-state index contributed by atoms with van der Waals surface area (Å²) in [4.78, 5) is 0. The summed E-state index contributed by atoms with van der Waals surface area (Å²) in [7, 11) is 0. The lowest BCUT2D eigenvalue weighted by Gasteiger charge is -2.11.